The fourth-order valence-electron chi connectivity index (χ4n) is 1.51. The van der Waals surface area contributed by atoms with Crippen LogP contribution in [0.4, 0.5) is 14.5 Å². The van der Waals surface area contributed by atoms with Crippen molar-refractivity contribution in [2.24, 2.45) is 0 Å². The van der Waals surface area contributed by atoms with Gasteiger partial charge in [0.05, 0.1) is 5.56 Å². The fraction of sp³-hybridized carbons (Fsp3) is 0.0714. The van der Waals surface area contributed by atoms with Gasteiger partial charge in [-0.2, -0.15) is 0 Å². The first kappa shape index (κ1) is 13.0. The van der Waals surface area contributed by atoms with Crippen molar-refractivity contribution in [3.63, 3.8) is 0 Å². The zero-order valence-corrected chi connectivity index (χ0v) is 9.90. The summed E-state index contributed by atoms with van der Waals surface area (Å²) in [5, 5.41) is 0. The summed E-state index contributed by atoms with van der Waals surface area (Å²) in [6, 6.07) is 10.7. The average molecular weight is 263 g/mol. The number of hydrogen-bond donors (Lipinski definition) is 1. The molecule has 0 radical (unpaired) electrons. The molecule has 0 aliphatic rings. The number of esters is 1. The van der Waals surface area contributed by atoms with E-state index in [1.807, 2.05) is 6.07 Å². The van der Waals surface area contributed by atoms with Crippen LogP contribution < -0.4 is 5.73 Å². The predicted octanol–water partition coefficient (Wildman–Crippen LogP) is 2.90. The number of benzene rings is 2. The molecule has 0 fully saturated rings. The third-order valence-corrected chi connectivity index (χ3v) is 2.53. The van der Waals surface area contributed by atoms with Crippen molar-refractivity contribution in [2.45, 2.75) is 6.61 Å². The molecule has 0 spiro atoms. The molecule has 2 aromatic rings. The van der Waals surface area contributed by atoms with Crippen molar-refractivity contribution in [1.82, 2.24) is 0 Å². The lowest BCUT2D eigenvalue weighted by Gasteiger charge is -2.06. The smallest absolute Gasteiger partial charge is 0.338 e. The number of anilines is 1. The maximum absolute atomic E-state index is 13.2. The SMILES string of the molecule is Nc1c(F)cc(C(=O)OCc2ccccc2)cc1F. The van der Waals surface area contributed by atoms with Gasteiger partial charge in [-0.1, -0.05) is 30.3 Å². The quantitative estimate of drug-likeness (QED) is 0.684. The molecule has 0 heterocycles. The topological polar surface area (TPSA) is 52.3 Å². The molecule has 0 saturated carbocycles. The lowest BCUT2D eigenvalue weighted by Crippen LogP contribution is -2.07. The van der Waals surface area contributed by atoms with E-state index >= 15 is 0 Å². The minimum atomic E-state index is -0.980. The zero-order valence-electron chi connectivity index (χ0n) is 9.90. The maximum atomic E-state index is 13.2. The molecule has 0 saturated heterocycles. The highest BCUT2D eigenvalue weighted by molar-refractivity contribution is 5.89. The van der Waals surface area contributed by atoms with E-state index in [1.165, 1.54) is 0 Å². The van der Waals surface area contributed by atoms with Crippen LogP contribution in [0.1, 0.15) is 15.9 Å². The Labute approximate surface area is 108 Å². The molecular formula is C14H11F2NO2. The fourth-order valence-corrected chi connectivity index (χ4v) is 1.51. The number of hydrogen-bond acceptors (Lipinski definition) is 3. The summed E-state index contributed by atoms with van der Waals surface area (Å²) >= 11 is 0. The van der Waals surface area contributed by atoms with Gasteiger partial charge in [0.2, 0.25) is 0 Å². The molecule has 3 nitrogen and oxygen atoms in total. The van der Waals surface area contributed by atoms with Crippen molar-refractivity contribution >= 4 is 11.7 Å². The molecule has 0 unspecified atom stereocenters. The molecule has 2 rings (SSSR count). The Balaban J connectivity index is 2.08. The van der Waals surface area contributed by atoms with Gasteiger partial charge in [0.25, 0.3) is 0 Å². The maximum Gasteiger partial charge on any atom is 0.338 e. The monoisotopic (exact) mass is 263 g/mol. The Bertz CT molecular complexity index is 577. The van der Waals surface area contributed by atoms with Crippen molar-refractivity contribution < 1.29 is 18.3 Å². The normalized spacial score (nSPS) is 10.2. The Hall–Kier alpha value is -2.43. The second-order valence-corrected chi connectivity index (χ2v) is 3.92. The minimum absolute atomic E-state index is 0.0350. The highest BCUT2D eigenvalue weighted by Crippen LogP contribution is 2.18. The number of nitrogens with two attached hydrogens (primary N) is 1. The standard InChI is InChI=1S/C14H11F2NO2/c15-11-6-10(7-12(16)13(11)17)14(18)19-8-9-4-2-1-3-5-9/h1-7H,8,17H2. The Kier molecular flexibility index (Phi) is 3.75. The lowest BCUT2D eigenvalue weighted by molar-refractivity contribution is 0.0471. The van der Waals surface area contributed by atoms with E-state index < -0.39 is 23.3 Å². The van der Waals surface area contributed by atoms with E-state index in [9.17, 15) is 13.6 Å². The summed E-state index contributed by atoms with van der Waals surface area (Å²) in [5.74, 6) is -2.76. The predicted molar refractivity (Wildman–Crippen MR) is 66.3 cm³/mol. The first-order valence-electron chi connectivity index (χ1n) is 5.53. The molecule has 19 heavy (non-hydrogen) atoms. The molecule has 98 valence electrons. The van der Waals surface area contributed by atoms with Gasteiger partial charge in [-0.15, -0.1) is 0 Å². The number of ether oxygens (including phenoxy) is 1. The molecule has 0 aromatic heterocycles. The van der Waals surface area contributed by atoms with E-state index in [0.717, 1.165) is 17.7 Å². The first-order chi connectivity index (χ1) is 9.08. The van der Waals surface area contributed by atoms with Gasteiger partial charge in [0.15, 0.2) is 0 Å². The molecule has 0 amide bonds. The third kappa shape index (κ3) is 3.07. The van der Waals surface area contributed by atoms with Crippen LogP contribution in [0.15, 0.2) is 42.5 Å². The second kappa shape index (κ2) is 5.48. The van der Waals surface area contributed by atoms with Crippen LogP contribution in [-0.4, -0.2) is 5.97 Å². The molecule has 0 aliphatic carbocycles. The first-order valence-corrected chi connectivity index (χ1v) is 5.53. The van der Waals surface area contributed by atoms with Crippen LogP contribution in [0.5, 0.6) is 0 Å². The summed E-state index contributed by atoms with van der Waals surface area (Å²) in [6.45, 7) is 0.0350. The van der Waals surface area contributed by atoms with E-state index in [2.05, 4.69) is 0 Å². The highest BCUT2D eigenvalue weighted by atomic mass is 19.1. The van der Waals surface area contributed by atoms with Crippen LogP contribution in [0.2, 0.25) is 0 Å². The van der Waals surface area contributed by atoms with Gasteiger partial charge < -0.3 is 10.5 Å². The largest absolute Gasteiger partial charge is 0.457 e. The van der Waals surface area contributed by atoms with Crippen LogP contribution in [-0.2, 0) is 11.3 Å². The van der Waals surface area contributed by atoms with Crippen molar-refractivity contribution in [3.05, 3.63) is 65.2 Å². The summed E-state index contributed by atoms with van der Waals surface area (Å²) in [7, 11) is 0. The molecule has 0 bridgehead atoms. The van der Waals surface area contributed by atoms with Crippen LogP contribution in [0.3, 0.4) is 0 Å². The van der Waals surface area contributed by atoms with Crippen LogP contribution in [0.25, 0.3) is 0 Å². The number of carbonyl (C=O) groups is 1. The van der Waals surface area contributed by atoms with Crippen LogP contribution in [0, 0.1) is 11.6 Å². The molecule has 2 N–H and O–H groups in total. The van der Waals surface area contributed by atoms with Gasteiger partial charge in [-0.3, -0.25) is 0 Å². The van der Waals surface area contributed by atoms with Gasteiger partial charge in [-0.05, 0) is 17.7 Å². The molecule has 0 atom stereocenters. The van der Waals surface area contributed by atoms with Gasteiger partial charge in [0.1, 0.15) is 23.9 Å². The second-order valence-electron chi connectivity index (χ2n) is 3.92. The highest BCUT2D eigenvalue weighted by Gasteiger charge is 2.14. The van der Waals surface area contributed by atoms with Gasteiger partial charge in [0, 0.05) is 0 Å². The third-order valence-electron chi connectivity index (χ3n) is 2.53. The molecule has 2 aromatic carbocycles. The summed E-state index contributed by atoms with van der Waals surface area (Å²) in [6.07, 6.45) is 0. The van der Waals surface area contributed by atoms with Crippen molar-refractivity contribution in [2.75, 3.05) is 5.73 Å². The molecular weight excluding hydrogens is 252 g/mol. The number of nitrogen functional groups attached to an aromatic ring is 1. The van der Waals surface area contributed by atoms with Gasteiger partial charge in [-0.25, -0.2) is 13.6 Å². The van der Waals surface area contributed by atoms with Crippen molar-refractivity contribution in [3.8, 4) is 0 Å². The summed E-state index contributed by atoms with van der Waals surface area (Å²) in [5.41, 5.74) is 5.08. The minimum Gasteiger partial charge on any atom is -0.457 e. The number of halogens is 2. The zero-order chi connectivity index (χ0) is 13.8. The Morgan fingerprint density at radius 3 is 2.26 bits per heavy atom. The van der Waals surface area contributed by atoms with Crippen molar-refractivity contribution in [1.29, 1.82) is 0 Å². The van der Waals surface area contributed by atoms with Crippen LogP contribution >= 0.6 is 0 Å². The van der Waals surface area contributed by atoms with E-state index in [1.54, 1.807) is 24.3 Å². The van der Waals surface area contributed by atoms with Gasteiger partial charge >= 0.3 is 5.97 Å². The Morgan fingerprint density at radius 1 is 1.11 bits per heavy atom. The summed E-state index contributed by atoms with van der Waals surface area (Å²) in [4.78, 5) is 11.6. The van der Waals surface area contributed by atoms with E-state index in [-0.39, 0.29) is 12.2 Å². The Morgan fingerprint density at radius 2 is 1.68 bits per heavy atom. The van der Waals surface area contributed by atoms with E-state index in [4.69, 9.17) is 10.5 Å². The lowest BCUT2D eigenvalue weighted by atomic mass is 10.2. The van der Waals surface area contributed by atoms with E-state index in [0.29, 0.717) is 0 Å². The molecule has 0 aliphatic heterocycles. The number of rotatable bonds is 3. The number of carbonyl (C=O) groups excluding carboxylic acids is 1. The molecule has 5 heteroatoms. The summed E-state index contributed by atoms with van der Waals surface area (Å²) < 4.78 is 31.3. The average Bonchev–Trinajstić information content (AvgIpc) is 2.42.